The molecule has 8 heteroatoms. The molecule has 4 rings (SSSR count). The summed E-state index contributed by atoms with van der Waals surface area (Å²) in [5.74, 6) is -0.109. The minimum Gasteiger partial charge on any atom is -0.390 e. The highest BCUT2D eigenvalue weighted by molar-refractivity contribution is 6.30. The number of amides is 1. The predicted octanol–water partition coefficient (Wildman–Crippen LogP) is 6.07. The van der Waals surface area contributed by atoms with Crippen LogP contribution in [0.2, 0.25) is 5.02 Å². The van der Waals surface area contributed by atoms with Crippen LogP contribution in [0, 0.1) is 5.92 Å². The lowest BCUT2D eigenvalue weighted by Crippen LogP contribution is -2.40. The van der Waals surface area contributed by atoms with Crippen LogP contribution in [0.3, 0.4) is 0 Å². The van der Waals surface area contributed by atoms with Crippen LogP contribution in [0.1, 0.15) is 48.8 Å². The van der Waals surface area contributed by atoms with Crippen LogP contribution < -0.4 is 0 Å². The molecule has 32 heavy (non-hydrogen) atoms. The van der Waals surface area contributed by atoms with E-state index in [4.69, 9.17) is 16.4 Å². The molecule has 2 aromatic rings. The first-order valence-electron chi connectivity index (χ1n) is 10.7. The van der Waals surface area contributed by atoms with Crippen molar-refractivity contribution in [3.05, 3.63) is 70.2 Å². The summed E-state index contributed by atoms with van der Waals surface area (Å²) in [5.41, 5.74) is 1.39. The van der Waals surface area contributed by atoms with Crippen molar-refractivity contribution in [2.75, 3.05) is 6.54 Å². The van der Waals surface area contributed by atoms with E-state index in [1.165, 1.54) is 6.07 Å². The van der Waals surface area contributed by atoms with Gasteiger partial charge in [0.2, 0.25) is 5.91 Å². The molecular formula is C24H24ClF3N2O2. The number of benzene rings is 2. The maximum Gasteiger partial charge on any atom is 0.416 e. The van der Waals surface area contributed by atoms with E-state index in [2.05, 4.69) is 5.16 Å². The molecule has 1 fully saturated rings. The number of nitrogens with zero attached hydrogens (tertiary/aromatic N) is 2. The van der Waals surface area contributed by atoms with E-state index in [0.717, 1.165) is 49.1 Å². The molecule has 4 nitrogen and oxygen atoms in total. The zero-order valence-electron chi connectivity index (χ0n) is 17.4. The van der Waals surface area contributed by atoms with Crippen molar-refractivity contribution in [1.82, 2.24) is 4.90 Å². The molecule has 0 saturated heterocycles. The van der Waals surface area contributed by atoms with Gasteiger partial charge in [-0.15, -0.1) is 0 Å². The zero-order valence-corrected chi connectivity index (χ0v) is 18.2. The Morgan fingerprint density at radius 3 is 2.53 bits per heavy atom. The van der Waals surface area contributed by atoms with Crippen molar-refractivity contribution in [1.29, 1.82) is 0 Å². The lowest BCUT2D eigenvalue weighted by molar-refractivity contribution is -0.137. The Balaban J connectivity index is 1.48. The van der Waals surface area contributed by atoms with Gasteiger partial charge >= 0.3 is 6.18 Å². The zero-order chi connectivity index (χ0) is 22.7. The predicted molar refractivity (Wildman–Crippen MR) is 116 cm³/mol. The van der Waals surface area contributed by atoms with Gasteiger partial charge in [0, 0.05) is 23.9 Å². The standard InChI is InChI=1S/C24H24ClF3N2O2/c25-20-10-8-17(9-11-20)22-13-21(32-29-22)15-30(23(31)18-5-1-2-6-18)14-16-4-3-7-19(12-16)24(26,27)28/h3-4,7-12,18,21H,1-2,5-6,13-15H2/t21-/m0/s1. The highest BCUT2D eigenvalue weighted by atomic mass is 35.5. The molecule has 0 bridgehead atoms. The number of alkyl halides is 3. The summed E-state index contributed by atoms with van der Waals surface area (Å²) in [6.45, 7) is 0.377. The van der Waals surface area contributed by atoms with Crippen molar-refractivity contribution in [3.8, 4) is 0 Å². The average Bonchev–Trinajstić information content (AvgIpc) is 3.45. The van der Waals surface area contributed by atoms with E-state index in [9.17, 15) is 18.0 Å². The monoisotopic (exact) mass is 464 g/mol. The summed E-state index contributed by atoms with van der Waals surface area (Å²) in [6, 6.07) is 12.4. The van der Waals surface area contributed by atoms with Gasteiger partial charge in [-0.2, -0.15) is 13.2 Å². The van der Waals surface area contributed by atoms with E-state index in [1.807, 2.05) is 12.1 Å². The Hall–Kier alpha value is -2.54. The van der Waals surface area contributed by atoms with Gasteiger partial charge in [0.1, 0.15) is 0 Å². The second-order valence-corrected chi connectivity index (χ2v) is 8.81. The van der Waals surface area contributed by atoms with Gasteiger partial charge in [-0.05, 0) is 48.2 Å². The third-order valence-corrected chi connectivity index (χ3v) is 6.23. The molecule has 1 saturated carbocycles. The molecule has 2 aromatic carbocycles. The van der Waals surface area contributed by atoms with Gasteiger partial charge in [0.05, 0.1) is 17.8 Å². The first-order valence-corrected chi connectivity index (χ1v) is 11.1. The van der Waals surface area contributed by atoms with Crippen LogP contribution in [-0.4, -0.2) is 29.2 Å². The molecule has 0 N–H and O–H groups in total. The lowest BCUT2D eigenvalue weighted by Gasteiger charge is -2.28. The van der Waals surface area contributed by atoms with Crippen molar-refractivity contribution in [3.63, 3.8) is 0 Å². The summed E-state index contributed by atoms with van der Waals surface area (Å²) in [5, 5.41) is 4.79. The van der Waals surface area contributed by atoms with Gasteiger partial charge in [-0.1, -0.05) is 53.9 Å². The Bertz CT molecular complexity index is 985. The summed E-state index contributed by atoms with van der Waals surface area (Å²) < 4.78 is 39.4. The first kappa shape index (κ1) is 22.6. The molecule has 1 amide bonds. The number of rotatable bonds is 6. The molecule has 2 aliphatic rings. The van der Waals surface area contributed by atoms with Crippen LogP contribution in [0.4, 0.5) is 13.2 Å². The fourth-order valence-corrected chi connectivity index (χ4v) is 4.44. The molecule has 0 unspecified atom stereocenters. The van der Waals surface area contributed by atoms with E-state index in [1.54, 1.807) is 23.1 Å². The van der Waals surface area contributed by atoms with Gasteiger partial charge in [-0.3, -0.25) is 4.79 Å². The topological polar surface area (TPSA) is 41.9 Å². The third kappa shape index (κ3) is 5.44. The highest BCUT2D eigenvalue weighted by Gasteiger charge is 2.33. The number of carbonyl (C=O) groups is 1. The maximum absolute atomic E-state index is 13.2. The molecule has 1 heterocycles. The number of hydrogen-bond acceptors (Lipinski definition) is 3. The van der Waals surface area contributed by atoms with Gasteiger partial charge < -0.3 is 9.74 Å². The molecule has 0 aromatic heterocycles. The highest BCUT2D eigenvalue weighted by Crippen LogP contribution is 2.31. The molecule has 0 radical (unpaired) electrons. The summed E-state index contributed by atoms with van der Waals surface area (Å²) in [7, 11) is 0. The van der Waals surface area contributed by atoms with Crippen LogP contribution in [0.15, 0.2) is 53.7 Å². The summed E-state index contributed by atoms with van der Waals surface area (Å²) >= 11 is 5.94. The van der Waals surface area contributed by atoms with Crippen molar-refractivity contribution in [2.24, 2.45) is 11.1 Å². The van der Waals surface area contributed by atoms with Crippen molar-refractivity contribution in [2.45, 2.75) is 50.9 Å². The largest absolute Gasteiger partial charge is 0.416 e. The minimum absolute atomic E-state index is 0.0246. The fourth-order valence-electron chi connectivity index (χ4n) is 4.31. The van der Waals surface area contributed by atoms with E-state index >= 15 is 0 Å². The van der Waals surface area contributed by atoms with E-state index in [-0.39, 0.29) is 31.0 Å². The van der Waals surface area contributed by atoms with Crippen LogP contribution in [0.5, 0.6) is 0 Å². The normalized spacial score (nSPS) is 19.0. The average molecular weight is 465 g/mol. The summed E-state index contributed by atoms with van der Waals surface area (Å²) in [4.78, 5) is 20.4. The van der Waals surface area contributed by atoms with Gasteiger partial charge in [0.15, 0.2) is 6.10 Å². The Morgan fingerprint density at radius 1 is 1.12 bits per heavy atom. The Morgan fingerprint density at radius 2 is 1.84 bits per heavy atom. The van der Waals surface area contributed by atoms with E-state index in [0.29, 0.717) is 17.0 Å². The van der Waals surface area contributed by atoms with Crippen molar-refractivity contribution < 1.29 is 22.8 Å². The smallest absolute Gasteiger partial charge is 0.390 e. The van der Waals surface area contributed by atoms with Gasteiger partial charge in [-0.25, -0.2) is 0 Å². The Labute approximate surface area is 190 Å². The lowest BCUT2D eigenvalue weighted by atomic mass is 10.0. The first-order chi connectivity index (χ1) is 15.3. The maximum atomic E-state index is 13.2. The number of halogens is 4. The van der Waals surface area contributed by atoms with Crippen LogP contribution >= 0.6 is 11.6 Å². The Kier molecular flexibility index (Phi) is 6.74. The quantitative estimate of drug-likeness (QED) is 0.520. The molecule has 1 atom stereocenters. The SMILES string of the molecule is O=C(C1CCCC1)N(Cc1cccc(C(F)(F)F)c1)C[C@@H]1CC(c2ccc(Cl)cc2)=NO1. The third-order valence-electron chi connectivity index (χ3n) is 5.98. The molecule has 1 aliphatic heterocycles. The molecular weight excluding hydrogens is 441 g/mol. The number of hydrogen-bond donors (Lipinski definition) is 0. The van der Waals surface area contributed by atoms with Crippen LogP contribution in [0.25, 0.3) is 0 Å². The number of carbonyl (C=O) groups excluding carboxylic acids is 1. The van der Waals surface area contributed by atoms with Crippen LogP contribution in [-0.2, 0) is 22.4 Å². The second-order valence-electron chi connectivity index (χ2n) is 8.37. The fraction of sp³-hybridized carbons (Fsp3) is 0.417. The summed E-state index contributed by atoms with van der Waals surface area (Å²) in [6.07, 6.45) is -0.636. The van der Waals surface area contributed by atoms with Crippen molar-refractivity contribution >= 4 is 23.2 Å². The second kappa shape index (κ2) is 9.53. The molecule has 170 valence electrons. The number of oxime groups is 1. The minimum atomic E-state index is -4.42. The van der Waals surface area contributed by atoms with Gasteiger partial charge in [0.25, 0.3) is 0 Å². The molecule has 0 spiro atoms. The van der Waals surface area contributed by atoms with E-state index < -0.39 is 11.7 Å². The molecule has 1 aliphatic carbocycles.